The standard InChI is InChI=1S/C13H15F3N2O/c1-7-2-3-17-11(4-7)13(19)18-8-5-9(14)12(16)10(15)6-8/h5-7,11,17H,2-4H2,1H3,(H,18,19). The summed E-state index contributed by atoms with van der Waals surface area (Å²) in [6.07, 6.45) is 1.65. The van der Waals surface area contributed by atoms with E-state index in [9.17, 15) is 18.0 Å². The van der Waals surface area contributed by atoms with Crippen molar-refractivity contribution in [2.24, 2.45) is 5.92 Å². The molecule has 1 aromatic carbocycles. The van der Waals surface area contributed by atoms with Crippen molar-refractivity contribution in [3.8, 4) is 0 Å². The highest BCUT2D eigenvalue weighted by Gasteiger charge is 2.25. The van der Waals surface area contributed by atoms with Gasteiger partial charge in [-0.3, -0.25) is 4.79 Å². The van der Waals surface area contributed by atoms with E-state index in [4.69, 9.17) is 0 Å². The molecule has 1 amide bonds. The van der Waals surface area contributed by atoms with Crippen molar-refractivity contribution in [2.75, 3.05) is 11.9 Å². The second-order valence-electron chi connectivity index (χ2n) is 4.88. The predicted octanol–water partition coefficient (Wildman–Crippen LogP) is 2.43. The molecule has 0 aliphatic carbocycles. The number of amides is 1. The van der Waals surface area contributed by atoms with E-state index >= 15 is 0 Å². The molecule has 1 aliphatic rings. The second-order valence-corrected chi connectivity index (χ2v) is 4.88. The molecule has 19 heavy (non-hydrogen) atoms. The van der Waals surface area contributed by atoms with Crippen molar-refractivity contribution >= 4 is 11.6 Å². The molecule has 2 rings (SSSR count). The van der Waals surface area contributed by atoms with Gasteiger partial charge in [-0.25, -0.2) is 13.2 Å². The highest BCUT2D eigenvalue weighted by Crippen LogP contribution is 2.19. The molecule has 0 bridgehead atoms. The summed E-state index contributed by atoms with van der Waals surface area (Å²) in [7, 11) is 0. The first-order chi connectivity index (χ1) is 8.97. The van der Waals surface area contributed by atoms with Gasteiger partial charge in [0.05, 0.1) is 6.04 Å². The van der Waals surface area contributed by atoms with Crippen LogP contribution in [0.4, 0.5) is 18.9 Å². The summed E-state index contributed by atoms with van der Waals surface area (Å²) < 4.78 is 38.8. The van der Waals surface area contributed by atoms with Gasteiger partial charge in [0.2, 0.25) is 5.91 Å². The monoisotopic (exact) mass is 272 g/mol. The third-order valence-electron chi connectivity index (χ3n) is 3.23. The molecular weight excluding hydrogens is 257 g/mol. The van der Waals surface area contributed by atoms with Crippen LogP contribution in [-0.2, 0) is 4.79 Å². The third kappa shape index (κ3) is 3.26. The topological polar surface area (TPSA) is 41.1 Å². The zero-order valence-corrected chi connectivity index (χ0v) is 10.5. The number of benzene rings is 1. The minimum Gasteiger partial charge on any atom is -0.325 e. The molecule has 104 valence electrons. The molecule has 6 heteroatoms. The van der Waals surface area contributed by atoms with E-state index in [1.807, 2.05) is 6.92 Å². The van der Waals surface area contributed by atoms with Gasteiger partial charge in [0.1, 0.15) is 0 Å². The number of anilines is 1. The highest BCUT2D eigenvalue weighted by atomic mass is 19.2. The van der Waals surface area contributed by atoms with E-state index in [1.54, 1.807) is 0 Å². The molecule has 1 fully saturated rings. The Hall–Kier alpha value is -1.56. The van der Waals surface area contributed by atoms with E-state index in [2.05, 4.69) is 10.6 Å². The summed E-state index contributed by atoms with van der Waals surface area (Å²) in [6, 6.07) is 1.14. The van der Waals surface area contributed by atoms with Crippen LogP contribution >= 0.6 is 0 Å². The fourth-order valence-electron chi connectivity index (χ4n) is 2.16. The molecule has 0 saturated carbocycles. The molecule has 1 heterocycles. The lowest BCUT2D eigenvalue weighted by molar-refractivity contribution is -0.119. The van der Waals surface area contributed by atoms with E-state index in [-0.39, 0.29) is 17.6 Å². The average molecular weight is 272 g/mol. The van der Waals surface area contributed by atoms with Crippen molar-refractivity contribution in [3.63, 3.8) is 0 Å². The van der Waals surface area contributed by atoms with Crippen LogP contribution in [0.1, 0.15) is 19.8 Å². The Labute approximate surface area is 109 Å². The van der Waals surface area contributed by atoms with E-state index < -0.39 is 17.5 Å². The Balaban J connectivity index is 2.06. The third-order valence-corrected chi connectivity index (χ3v) is 3.23. The van der Waals surface area contributed by atoms with E-state index in [0.717, 1.165) is 25.1 Å². The summed E-state index contributed by atoms with van der Waals surface area (Å²) in [5, 5.41) is 5.43. The highest BCUT2D eigenvalue weighted by molar-refractivity contribution is 5.94. The maximum Gasteiger partial charge on any atom is 0.241 e. The Morgan fingerprint density at radius 1 is 1.32 bits per heavy atom. The van der Waals surface area contributed by atoms with E-state index in [1.165, 1.54) is 0 Å². The second kappa shape index (κ2) is 5.61. The molecule has 1 saturated heterocycles. The first-order valence-electron chi connectivity index (χ1n) is 6.16. The first-order valence-corrected chi connectivity index (χ1v) is 6.16. The quantitative estimate of drug-likeness (QED) is 0.812. The average Bonchev–Trinajstić information content (AvgIpc) is 2.36. The van der Waals surface area contributed by atoms with Crippen molar-refractivity contribution < 1.29 is 18.0 Å². The predicted molar refractivity (Wildman–Crippen MR) is 65.1 cm³/mol. The molecule has 3 nitrogen and oxygen atoms in total. The zero-order chi connectivity index (χ0) is 14.0. The van der Waals surface area contributed by atoms with Crippen molar-refractivity contribution in [1.29, 1.82) is 0 Å². The van der Waals surface area contributed by atoms with Crippen molar-refractivity contribution in [2.45, 2.75) is 25.8 Å². The number of carbonyl (C=O) groups is 1. The number of rotatable bonds is 2. The summed E-state index contributed by atoms with van der Waals surface area (Å²) in [6.45, 7) is 2.77. The molecular formula is C13H15F3N2O. The van der Waals surface area contributed by atoms with E-state index in [0.29, 0.717) is 12.3 Å². The lowest BCUT2D eigenvalue weighted by atomic mass is 9.94. The summed E-state index contributed by atoms with van der Waals surface area (Å²) in [4.78, 5) is 11.9. The fraction of sp³-hybridized carbons (Fsp3) is 0.462. The van der Waals surface area contributed by atoms with Gasteiger partial charge < -0.3 is 10.6 Å². The Kier molecular flexibility index (Phi) is 4.09. The molecule has 0 radical (unpaired) electrons. The zero-order valence-electron chi connectivity index (χ0n) is 10.5. The molecule has 2 N–H and O–H groups in total. The van der Waals surface area contributed by atoms with Gasteiger partial charge in [-0.15, -0.1) is 0 Å². The Bertz CT molecular complexity index is 470. The summed E-state index contributed by atoms with van der Waals surface area (Å²) >= 11 is 0. The van der Waals surface area contributed by atoms with Gasteiger partial charge in [-0.05, 0) is 25.3 Å². The van der Waals surface area contributed by atoms with Gasteiger partial charge in [-0.2, -0.15) is 0 Å². The molecule has 0 spiro atoms. The van der Waals surface area contributed by atoms with Crippen LogP contribution in [0.2, 0.25) is 0 Å². The number of hydrogen-bond donors (Lipinski definition) is 2. The first kappa shape index (κ1) is 13.9. The van der Waals surface area contributed by atoms with Crippen LogP contribution in [0.25, 0.3) is 0 Å². The van der Waals surface area contributed by atoms with Crippen LogP contribution in [0.5, 0.6) is 0 Å². The summed E-state index contributed by atoms with van der Waals surface area (Å²) in [5.74, 6) is -4.13. The molecule has 1 aliphatic heterocycles. The van der Waals surface area contributed by atoms with Gasteiger partial charge in [0.25, 0.3) is 0 Å². The van der Waals surface area contributed by atoms with Gasteiger partial charge >= 0.3 is 0 Å². The van der Waals surface area contributed by atoms with Crippen LogP contribution in [-0.4, -0.2) is 18.5 Å². The number of hydrogen-bond acceptors (Lipinski definition) is 2. The maximum absolute atomic E-state index is 13.0. The van der Waals surface area contributed by atoms with Crippen LogP contribution in [0.3, 0.4) is 0 Å². The van der Waals surface area contributed by atoms with Crippen LogP contribution in [0, 0.1) is 23.4 Å². The molecule has 0 aromatic heterocycles. The number of nitrogens with one attached hydrogen (secondary N) is 2. The smallest absolute Gasteiger partial charge is 0.241 e. The van der Waals surface area contributed by atoms with Gasteiger partial charge in [-0.1, -0.05) is 6.92 Å². The number of carbonyl (C=O) groups excluding carboxylic acids is 1. The normalized spacial score (nSPS) is 23.2. The lowest BCUT2D eigenvalue weighted by Crippen LogP contribution is -2.45. The van der Waals surface area contributed by atoms with Crippen LogP contribution in [0.15, 0.2) is 12.1 Å². The SMILES string of the molecule is CC1CCNC(C(=O)Nc2cc(F)c(F)c(F)c2)C1. The Morgan fingerprint density at radius 3 is 2.53 bits per heavy atom. The number of piperidine rings is 1. The molecule has 2 atom stereocenters. The largest absolute Gasteiger partial charge is 0.325 e. The minimum absolute atomic E-state index is 0.0820. The maximum atomic E-state index is 13.0. The number of halogens is 3. The molecule has 1 aromatic rings. The van der Waals surface area contributed by atoms with Gasteiger partial charge in [0.15, 0.2) is 17.5 Å². The van der Waals surface area contributed by atoms with Crippen molar-refractivity contribution in [3.05, 3.63) is 29.6 Å². The Morgan fingerprint density at radius 2 is 1.95 bits per heavy atom. The van der Waals surface area contributed by atoms with Gasteiger partial charge in [0, 0.05) is 17.8 Å². The summed E-state index contributed by atoms with van der Waals surface area (Å²) in [5.41, 5.74) is -0.0820. The van der Waals surface area contributed by atoms with Crippen molar-refractivity contribution in [1.82, 2.24) is 5.32 Å². The lowest BCUT2D eigenvalue weighted by Gasteiger charge is -2.27. The molecule has 2 unspecified atom stereocenters. The van der Waals surface area contributed by atoms with Crippen LogP contribution < -0.4 is 10.6 Å². The fourth-order valence-corrected chi connectivity index (χ4v) is 2.16. The minimum atomic E-state index is -1.54.